The zero-order valence-electron chi connectivity index (χ0n) is 18.0. The molecule has 0 aliphatic carbocycles. The summed E-state index contributed by atoms with van der Waals surface area (Å²) in [6.07, 6.45) is 7.53. The molecule has 2 amide bonds. The van der Waals surface area contributed by atoms with Gasteiger partial charge >= 0.3 is 0 Å². The molecular formula is C24H31N5O2. The van der Waals surface area contributed by atoms with E-state index in [2.05, 4.69) is 27.0 Å². The Hall–Kier alpha value is -2.96. The molecule has 3 heterocycles. The molecule has 0 bridgehead atoms. The van der Waals surface area contributed by atoms with E-state index in [0.717, 1.165) is 44.7 Å². The van der Waals surface area contributed by atoms with Crippen molar-refractivity contribution < 1.29 is 9.59 Å². The van der Waals surface area contributed by atoms with E-state index in [9.17, 15) is 9.59 Å². The fourth-order valence-corrected chi connectivity index (χ4v) is 4.46. The van der Waals surface area contributed by atoms with Gasteiger partial charge in [0.05, 0.1) is 0 Å². The van der Waals surface area contributed by atoms with E-state index in [-0.39, 0.29) is 17.7 Å². The molecule has 0 spiro atoms. The number of benzene rings is 1. The van der Waals surface area contributed by atoms with E-state index in [1.807, 2.05) is 34.1 Å². The minimum atomic E-state index is 0.0630. The molecule has 1 aromatic carbocycles. The highest BCUT2D eigenvalue weighted by atomic mass is 16.2. The summed E-state index contributed by atoms with van der Waals surface area (Å²) in [5.41, 5.74) is 1.27. The molecule has 0 unspecified atom stereocenters. The van der Waals surface area contributed by atoms with E-state index in [1.165, 1.54) is 5.56 Å². The normalized spacial score (nSPS) is 17.6. The van der Waals surface area contributed by atoms with Gasteiger partial charge in [0, 0.05) is 64.0 Å². The number of piperidine rings is 1. The van der Waals surface area contributed by atoms with Crippen molar-refractivity contribution in [3.63, 3.8) is 0 Å². The van der Waals surface area contributed by atoms with Crippen LogP contribution in [0.3, 0.4) is 0 Å². The smallest absolute Gasteiger partial charge is 0.225 e. The Morgan fingerprint density at radius 3 is 2.16 bits per heavy atom. The number of aromatic nitrogens is 2. The third-order valence-corrected chi connectivity index (χ3v) is 6.32. The van der Waals surface area contributed by atoms with E-state index >= 15 is 0 Å². The van der Waals surface area contributed by atoms with Gasteiger partial charge in [-0.15, -0.1) is 0 Å². The zero-order valence-corrected chi connectivity index (χ0v) is 18.0. The van der Waals surface area contributed by atoms with Gasteiger partial charge in [0.15, 0.2) is 0 Å². The van der Waals surface area contributed by atoms with Gasteiger partial charge < -0.3 is 14.7 Å². The van der Waals surface area contributed by atoms with Crippen LogP contribution < -0.4 is 4.90 Å². The summed E-state index contributed by atoms with van der Waals surface area (Å²) in [4.78, 5) is 40.2. The number of piperazine rings is 1. The lowest BCUT2D eigenvalue weighted by Gasteiger charge is -2.38. The average molecular weight is 422 g/mol. The fourth-order valence-electron chi connectivity index (χ4n) is 4.46. The van der Waals surface area contributed by atoms with Gasteiger partial charge in [-0.25, -0.2) is 9.97 Å². The van der Waals surface area contributed by atoms with Crippen LogP contribution in [0.4, 0.5) is 5.95 Å². The molecule has 2 saturated heterocycles. The minimum Gasteiger partial charge on any atom is -0.341 e. The summed E-state index contributed by atoms with van der Waals surface area (Å²) in [7, 11) is 0. The number of carbonyl (C=O) groups excluding carboxylic acids is 2. The number of amides is 2. The Balaban J connectivity index is 1.17. The Kier molecular flexibility index (Phi) is 7.12. The third-order valence-electron chi connectivity index (χ3n) is 6.32. The van der Waals surface area contributed by atoms with Gasteiger partial charge in [-0.2, -0.15) is 0 Å². The maximum absolute atomic E-state index is 13.0. The Morgan fingerprint density at radius 1 is 0.839 bits per heavy atom. The molecule has 2 aliphatic heterocycles. The molecule has 2 fully saturated rings. The molecule has 7 nitrogen and oxygen atoms in total. The first-order valence-corrected chi connectivity index (χ1v) is 11.3. The van der Waals surface area contributed by atoms with Crippen LogP contribution in [0, 0.1) is 5.92 Å². The van der Waals surface area contributed by atoms with Crippen LogP contribution in [-0.2, 0) is 16.0 Å². The number of carbonyl (C=O) groups is 2. The number of rotatable bonds is 6. The molecule has 2 aliphatic rings. The highest BCUT2D eigenvalue weighted by Crippen LogP contribution is 2.23. The lowest BCUT2D eigenvalue weighted by Crippen LogP contribution is -2.53. The van der Waals surface area contributed by atoms with Crippen molar-refractivity contribution in [2.24, 2.45) is 5.92 Å². The first kappa shape index (κ1) is 21.3. The van der Waals surface area contributed by atoms with Crippen molar-refractivity contribution in [1.82, 2.24) is 19.8 Å². The first-order valence-electron chi connectivity index (χ1n) is 11.3. The number of nitrogens with zero attached hydrogens (tertiary/aromatic N) is 5. The molecule has 1 aromatic heterocycles. The lowest BCUT2D eigenvalue weighted by atomic mass is 9.95. The van der Waals surface area contributed by atoms with Gasteiger partial charge in [0.2, 0.25) is 17.8 Å². The monoisotopic (exact) mass is 421 g/mol. The van der Waals surface area contributed by atoms with Crippen LogP contribution in [0.5, 0.6) is 0 Å². The van der Waals surface area contributed by atoms with Crippen molar-refractivity contribution in [2.45, 2.75) is 32.1 Å². The van der Waals surface area contributed by atoms with E-state index in [4.69, 9.17) is 0 Å². The van der Waals surface area contributed by atoms with Crippen molar-refractivity contribution in [3.8, 4) is 0 Å². The fraction of sp³-hybridized carbons (Fsp3) is 0.500. The van der Waals surface area contributed by atoms with Crippen molar-refractivity contribution in [2.75, 3.05) is 44.2 Å². The maximum atomic E-state index is 13.0. The molecule has 4 rings (SSSR count). The Labute approximate surface area is 184 Å². The highest BCUT2D eigenvalue weighted by molar-refractivity contribution is 5.80. The number of hydrogen-bond donors (Lipinski definition) is 0. The zero-order chi connectivity index (χ0) is 21.5. The number of hydrogen-bond acceptors (Lipinski definition) is 5. The summed E-state index contributed by atoms with van der Waals surface area (Å²) in [6, 6.07) is 12.1. The van der Waals surface area contributed by atoms with Crippen LogP contribution in [-0.4, -0.2) is 70.9 Å². The van der Waals surface area contributed by atoms with Gasteiger partial charge in [0.1, 0.15) is 0 Å². The van der Waals surface area contributed by atoms with Crippen LogP contribution in [0.2, 0.25) is 0 Å². The second-order valence-corrected chi connectivity index (χ2v) is 8.36. The van der Waals surface area contributed by atoms with E-state index in [0.29, 0.717) is 32.6 Å². The van der Waals surface area contributed by atoms with Gasteiger partial charge in [-0.3, -0.25) is 9.59 Å². The van der Waals surface area contributed by atoms with Crippen molar-refractivity contribution in [3.05, 3.63) is 54.4 Å². The average Bonchev–Trinajstić information content (AvgIpc) is 2.85. The molecular weight excluding hydrogens is 390 g/mol. The van der Waals surface area contributed by atoms with Crippen LogP contribution >= 0.6 is 0 Å². The lowest BCUT2D eigenvalue weighted by molar-refractivity contribution is -0.142. The first-order chi connectivity index (χ1) is 15.2. The topological polar surface area (TPSA) is 69.6 Å². The van der Waals surface area contributed by atoms with Crippen molar-refractivity contribution >= 4 is 17.8 Å². The predicted molar refractivity (Wildman–Crippen MR) is 120 cm³/mol. The summed E-state index contributed by atoms with van der Waals surface area (Å²) in [5, 5.41) is 0. The molecule has 164 valence electrons. The molecule has 0 atom stereocenters. The second kappa shape index (κ2) is 10.4. The summed E-state index contributed by atoms with van der Waals surface area (Å²) < 4.78 is 0. The Bertz CT molecular complexity index is 845. The molecule has 31 heavy (non-hydrogen) atoms. The van der Waals surface area contributed by atoms with Gasteiger partial charge in [-0.05, 0) is 37.3 Å². The molecule has 0 saturated carbocycles. The summed E-state index contributed by atoms with van der Waals surface area (Å²) in [6.45, 7) is 4.19. The molecule has 2 aromatic rings. The standard InChI is InChI=1S/C24H31N5O2/c30-22(9-4-8-20-6-2-1-3-7-20)27-16-18-28(19-17-27)23(31)21-10-14-29(15-11-21)24-25-12-5-13-26-24/h1-3,5-7,12-13,21H,4,8-11,14-19H2. The summed E-state index contributed by atoms with van der Waals surface area (Å²) >= 11 is 0. The van der Waals surface area contributed by atoms with Gasteiger partial charge in [0.25, 0.3) is 0 Å². The third kappa shape index (κ3) is 5.60. The SMILES string of the molecule is O=C(CCCc1ccccc1)N1CCN(C(=O)C2CCN(c3ncccn3)CC2)CC1. The van der Waals surface area contributed by atoms with Gasteiger partial charge in [-0.1, -0.05) is 30.3 Å². The van der Waals surface area contributed by atoms with Crippen molar-refractivity contribution in [1.29, 1.82) is 0 Å². The molecule has 0 radical (unpaired) electrons. The van der Waals surface area contributed by atoms with Crippen LogP contribution in [0.1, 0.15) is 31.2 Å². The number of anilines is 1. The van der Waals surface area contributed by atoms with Crippen LogP contribution in [0.15, 0.2) is 48.8 Å². The van der Waals surface area contributed by atoms with E-state index < -0.39 is 0 Å². The quantitative estimate of drug-likeness (QED) is 0.716. The Morgan fingerprint density at radius 2 is 1.48 bits per heavy atom. The minimum absolute atomic E-state index is 0.0630. The molecule has 7 heteroatoms. The largest absolute Gasteiger partial charge is 0.341 e. The summed E-state index contributed by atoms with van der Waals surface area (Å²) in [5.74, 6) is 1.25. The second-order valence-electron chi connectivity index (χ2n) is 8.36. The number of aryl methyl sites for hydroxylation is 1. The molecule has 0 N–H and O–H groups in total. The highest BCUT2D eigenvalue weighted by Gasteiger charge is 2.31. The van der Waals surface area contributed by atoms with Crippen LogP contribution in [0.25, 0.3) is 0 Å². The van der Waals surface area contributed by atoms with E-state index in [1.54, 1.807) is 12.4 Å². The predicted octanol–water partition coefficient (Wildman–Crippen LogP) is 2.39. The maximum Gasteiger partial charge on any atom is 0.225 e.